The molecule has 1 heterocycles. The summed E-state index contributed by atoms with van der Waals surface area (Å²) >= 11 is 0. The molecule has 1 saturated heterocycles. The molecule has 0 radical (unpaired) electrons. The van der Waals surface area contributed by atoms with E-state index in [-0.39, 0.29) is 5.60 Å². The van der Waals surface area contributed by atoms with E-state index in [1.807, 2.05) is 0 Å². The number of fused-ring (bicyclic) bond motifs is 8. The van der Waals surface area contributed by atoms with Gasteiger partial charge in [0.25, 0.3) is 0 Å². The summed E-state index contributed by atoms with van der Waals surface area (Å²) in [6.07, 6.45) is 25.6. The van der Waals surface area contributed by atoms with Crippen LogP contribution in [0.5, 0.6) is 0 Å². The normalized spacial score (nSPS) is 45.1. The molecule has 3 heteroatoms. The standard InChI is InChI=1S/C49H89NOSi/c1-32-21-26-42-41(29-32)43-44(50(42)11)37-19-15-16-20-38(37)46(43)52(12,28-18-14-13-17-27-51-49(8,9)10)45-39-30-33(47(2,3)4)22-24-35(39)36-25-23-34(31-40(36)45)48(5,6)7/h32-46H,13-31H2,1-12H3. The van der Waals surface area contributed by atoms with Crippen molar-refractivity contribution >= 4 is 8.07 Å². The van der Waals surface area contributed by atoms with Gasteiger partial charge in [-0.25, -0.2) is 0 Å². The lowest BCUT2D eigenvalue weighted by Gasteiger charge is -2.53. The van der Waals surface area contributed by atoms with Crippen molar-refractivity contribution < 1.29 is 4.74 Å². The van der Waals surface area contributed by atoms with Gasteiger partial charge in [0.05, 0.1) is 13.7 Å². The fraction of sp³-hybridized carbons (Fsp3) is 1.00. The highest BCUT2D eigenvalue weighted by atomic mass is 28.3. The molecular weight excluding hydrogens is 647 g/mol. The number of hydrogen-bond donors (Lipinski definition) is 0. The van der Waals surface area contributed by atoms with E-state index in [0.717, 1.165) is 94.9 Å². The Morgan fingerprint density at radius 2 is 1.15 bits per heavy atom. The van der Waals surface area contributed by atoms with Crippen molar-refractivity contribution in [3.05, 3.63) is 0 Å². The fourth-order valence-corrected chi connectivity index (χ4v) is 24.1. The van der Waals surface area contributed by atoms with Crippen molar-refractivity contribution in [2.75, 3.05) is 13.7 Å². The first-order valence-corrected chi connectivity index (χ1v) is 26.6. The summed E-state index contributed by atoms with van der Waals surface area (Å²) < 4.78 is 6.21. The first-order valence-electron chi connectivity index (χ1n) is 23.8. The van der Waals surface area contributed by atoms with Crippen LogP contribution in [-0.4, -0.2) is 44.3 Å². The van der Waals surface area contributed by atoms with Gasteiger partial charge in [0.1, 0.15) is 0 Å². The van der Waals surface area contributed by atoms with Gasteiger partial charge in [0.15, 0.2) is 0 Å². The van der Waals surface area contributed by atoms with Crippen molar-refractivity contribution in [1.82, 2.24) is 4.90 Å². The van der Waals surface area contributed by atoms with Crippen molar-refractivity contribution in [3.8, 4) is 0 Å². The van der Waals surface area contributed by atoms with Gasteiger partial charge in [0.2, 0.25) is 0 Å². The molecule has 0 amide bonds. The molecule has 7 aliphatic rings. The maximum atomic E-state index is 6.21. The van der Waals surface area contributed by atoms with E-state index in [9.17, 15) is 0 Å². The quantitative estimate of drug-likeness (QED) is 0.173. The Bertz CT molecular complexity index is 1160. The fourth-order valence-electron chi connectivity index (χ4n) is 16.5. The summed E-state index contributed by atoms with van der Waals surface area (Å²) in [7, 11) is 0.894. The number of ether oxygens (including phenoxy) is 1. The number of likely N-dealkylation sites (tertiary alicyclic amines) is 1. The minimum absolute atomic E-state index is 0.00463. The van der Waals surface area contributed by atoms with Crippen LogP contribution in [0.25, 0.3) is 0 Å². The maximum absolute atomic E-state index is 6.21. The number of nitrogens with zero attached hydrogens (tertiary/aromatic N) is 1. The van der Waals surface area contributed by atoms with Crippen LogP contribution < -0.4 is 0 Å². The van der Waals surface area contributed by atoms with E-state index in [4.69, 9.17) is 4.74 Å². The highest BCUT2D eigenvalue weighted by molar-refractivity contribution is 6.81. The van der Waals surface area contributed by atoms with Crippen molar-refractivity contribution in [2.24, 2.45) is 75.9 Å². The molecule has 0 aromatic heterocycles. The molecule has 0 bridgehead atoms. The van der Waals surface area contributed by atoms with Gasteiger partial charge in [-0.2, -0.15) is 0 Å². The molecule has 52 heavy (non-hydrogen) atoms. The largest absolute Gasteiger partial charge is 0.376 e. The maximum Gasteiger partial charge on any atom is 0.0598 e. The minimum atomic E-state index is -1.76. The molecule has 0 spiro atoms. The lowest BCUT2D eigenvalue weighted by Crippen LogP contribution is -2.52. The van der Waals surface area contributed by atoms with E-state index >= 15 is 0 Å². The summed E-state index contributed by atoms with van der Waals surface area (Å²) in [5, 5.41) is 0. The van der Waals surface area contributed by atoms with Crippen LogP contribution >= 0.6 is 0 Å². The predicted molar refractivity (Wildman–Crippen MR) is 226 cm³/mol. The van der Waals surface area contributed by atoms with Crippen LogP contribution in [0.1, 0.15) is 178 Å². The third-order valence-electron chi connectivity index (χ3n) is 18.7. The van der Waals surface area contributed by atoms with Gasteiger partial charge in [0, 0.05) is 18.7 Å². The van der Waals surface area contributed by atoms with Crippen LogP contribution in [0.15, 0.2) is 0 Å². The highest BCUT2D eigenvalue weighted by Crippen LogP contribution is 2.73. The Kier molecular flexibility index (Phi) is 11.7. The average Bonchev–Trinajstić information content (AvgIpc) is 3.68. The van der Waals surface area contributed by atoms with E-state index < -0.39 is 8.07 Å². The second-order valence-corrected chi connectivity index (χ2v) is 29.4. The second-order valence-electron chi connectivity index (χ2n) is 24.6. The van der Waals surface area contributed by atoms with Gasteiger partial charge in [-0.3, -0.25) is 4.90 Å². The third-order valence-corrected chi connectivity index (χ3v) is 24.8. The summed E-state index contributed by atoms with van der Waals surface area (Å²) in [4.78, 5) is 3.10. The minimum Gasteiger partial charge on any atom is -0.376 e. The van der Waals surface area contributed by atoms with Gasteiger partial charge in [-0.1, -0.05) is 99.6 Å². The molecule has 300 valence electrons. The topological polar surface area (TPSA) is 12.5 Å². The molecule has 15 unspecified atom stereocenters. The number of unbranched alkanes of at least 4 members (excludes halogenated alkanes) is 3. The smallest absolute Gasteiger partial charge is 0.0598 e. The third kappa shape index (κ3) is 7.61. The zero-order chi connectivity index (χ0) is 37.4. The van der Waals surface area contributed by atoms with Crippen LogP contribution in [0.2, 0.25) is 23.7 Å². The summed E-state index contributed by atoms with van der Waals surface area (Å²) in [5.74, 6) is 11.0. The Morgan fingerprint density at radius 1 is 0.577 bits per heavy atom. The van der Waals surface area contributed by atoms with Gasteiger partial charge < -0.3 is 4.74 Å². The first kappa shape index (κ1) is 40.3. The summed E-state index contributed by atoms with van der Waals surface area (Å²) in [5.41, 5.74) is 3.08. The molecule has 0 aromatic carbocycles. The Balaban J connectivity index is 1.28. The molecule has 6 saturated carbocycles. The zero-order valence-corrected chi connectivity index (χ0v) is 38.0. The lowest BCUT2D eigenvalue weighted by atomic mass is 9.62. The SMILES string of the molecule is CC1CCC2C(C1)C1C(C3CCCCC3C1[Si](C)(CCCCCCOC(C)(C)C)C1C3CC(C(C)(C)C)CCC3C3CCC(C(C)(C)C)CC31)N2C. The van der Waals surface area contributed by atoms with Gasteiger partial charge >= 0.3 is 0 Å². The molecule has 0 aromatic rings. The zero-order valence-electron chi connectivity index (χ0n) is 37.0. The molecular formula is C49H89NOSi. The second kappa shape index (κ2) is 15.1. The Hall–Kier alpha value is 0.137. The average molecular weight is 736 g/mol. The van der Waals surface area contributed by atoms with E-state index in [0.29, 0.717) is 10.8 Å². The van der Waals surface area contributed by atoms with Crippen molar-refractivity contribution in [1.29, 1.82) is 0 Å². The molecule has 15 atom stereocenters. The van der Waals surface area contributed by atoms with Crippen LogP contribution in [0, 0.1) is 75.9 Å². The Labute approximate surface area is 325 Å². The van der Waals surface area contributed by atoms with Gasteiger partial charge in [-0.05, 0) is 185 Å². The van der Waals surface area contributed by atoms with Crippen LogP contribution in [0.4, 0.5) is 0 Å². The molecule has 7 rings (SSSR count). The Morgan fingerprint density at radius 3 is 1.73 bits per heavy atom. The van der Waals surface area contributed by atoms with Crippen LogP contribution in [0.3, 0.4) is 0 Å². The lowest BCUT2D eigenvalue weighted by molar-refractivity contribution is -0.00471. The van der Waals surface area contributed by atoms with Crippen LogP contribution in [-0.2, 0) is 4.74 Å². The molecule has 7 fully saturated rings. The van der Waals surface area contributed by atoms with Gasteiger partial charge in [-0.15, -0.1) is 0 Å². The van der Waals surface area contributed by atoms with E-state index in [1.165, 1.54) is 64.2 Å². The summed E-state index contributed by atoms with van der Waals surface area (Å²) in [6.45, 7) is 29.1. The molecule has 2 nitrogen and oxygen atoms in total. The molecule has 0 N–H and O–H groups in total. The monoisotopic (exact) mass is 736 g/mol. The number of rotatable bonds is 9. The molecule has 6 aliphatic carbocycles. The van der Waals surface area contributed by atoms with Crippen molar-refractivity contribution in [2.45, 2.75) is 220 Å². The number of hydrogen-bond acceptors (Lipinski definition) is 2. The molecule has 1 aliphatic heterocycles. The first-order chi connectivity index (χ1) is 24.4. The summed E-state index contributed by atoms with van der Waals surface area (Å²) in [6, 6.07) is 3.45. The van der Waals surface area contributed by atoms with E-state index in [2.05, 4.69) is 87.7 Å². The van der Waals surface area contributed by atoms with Crippen molar-refractivity contribution in [3.63, 3.8) is 0 Å². The highest BCUT2D eigenvalue weighted by Gasteiger charge is 2.69. The predicted octanol–water partition coefficient (Wildman–Crippen LogP) is 13.9. The van der Waals surface area contributed by atoms with E-state index in [1.54, 1.807) is 51.0 Å².